The highest BCUT2D eigenvalue weighted by Gasteiger charge is 2.33. The number of guanidine groups is 1. The fraction of sp³-hybridized carbons (Fsp3) is 0.700. The minimum Gasteiger partial charge on any atom is -0.481 e. The molecule has 15 nitrogen and oxygen atoms in total. The highest BCUT2D eigenvalue weighted by molar-refractivity contribution is 5.95. The first-order valence-electron chi connectivity index (χ1n) is 11.1. The van der Waals surface area contributed by atoms with Crippen LogP contribution < -0.4 is 33.2 Å². The number of aliphatic hydroxyl groups excluding tert-OH is 1. The number of hydrogen-bond acceptors (Lipinski definition) is 8. The largest absolute Gasteiger partial charge is 0.481 e. The lowest BCUT2D eigenvalue weighted by Gasteiger charge is -2.26. The van der Waals surface area contributed by atoms with Crippen molar-refractivity contribution in [3.63, 3.8) is 0 Å². The Kier molecular flexibility index (Phi) is 13.9. The number of aliphatic carboxylic acids is 2. The SMILES string of the molecule is CCC(C)C(NC(=O)C(CC(=O)O)NC(=O)C(CCCN=C(N)N)NC(=O)C(N)C(C)O)C(=O)O. The lowest BCUT2D eigenvalue weighted by atomic mass is 9.98. The number of nitrogens with two attached hydrogens (primary N) is 3. The maximum atomic E-state index is 12.9. The second-order valence-corrected chi connectivity index (χ2v) is 8.15. The van der Waals surface area contributed by atoms with E-state index in [1.54, 1.807) is 13.8 Å². The molecule has 0 aromatic rings. The van der Waals surface area contributed by atoms with E-state index in [1.807, 2.05) is 0 Å². The number of nitrogens with one attached hydrogen (secondary N) is 3. The van der Waals surface area contributed by atoms with Gasteiger partial charge in [-0.15, -0.1) is 0 Å². The van der Waals surface area contributed by atoms with Gasteiger partial charge in [0, 0.05) is 6.54 Å². The molecule has 0 saturated heterocycles. The van der Waals surface area contributed by atoms with Gasteiger partial charge in [-0.2, -0.15) is 0 Å². The first-order valence-corrected chi connectivity index (χ1v) is 11.1. The Morgan fingerprint density at radius 2 is 1.46 bits per heavy atom. The molecule has 0 spiro atoms. The Morgan fingerprint density at radius 1 is 0.914 bits per heavy atom. The van der Waals surface area contributed by atoms with Gasteiger partial charge in [0.25, 0.3) is 0 Å². The summed E-state index contributed by atoms with van der Waals surface area (Å²) in [5, 5.41) is 35.0. The molecule has 0 rings (SSSR count). The number of nitrogens with zero attached hydrogens (tertiary/aromatic N) is 1. The van der Waals surface area contributed by atoms with E-state index in [-0.39, 0.29) is 25.3 Å². The van der Waals surface area contributed by atoms with Crippen LogP contribution in [0, 0.1) is 5.92 Å². The number of hydrogen-bond donors (Lipinski definition) is 9. The summed E-state index contributed by atoms with van der Waals surface area (Å²) in [6.45, 7) is 4.70. The van der Waals surface area contributed by atoms with Crippen LogP contribution in [-0.4, -0.2) is 87.8 Å². The highest BCUT2D eigenvalue weighted by Crippen LogP contribution is 2.09. The summed E-state index contributed by atoms with van der Waals surface area (Å²) < 4.78 is 0. The Balaban J connectivity index is 5.67. The summed E-state index contributed by atoms with van der Waals surface area (Å²) in [6, 6.07) is -5.57. The predicted molar refractivity (Wildman–Crippen MR) is 125 cm³/mol. The van der Waals surface area contributed by atoms with Gasteiger partial charge in [0.2, 0.25) is 17.7 Å². The minimum atomic E-state index is -1.63. The Bertz CT molecular complexity index is 785. The summed E-state index contributed by atoms with van der Waals surface area (Å²) >= 11 is 0. The van der Waals surface area contributed by atoms with Crippen LogP contribution in [-0.2, 0) is 24.0 Å². The summed E-state index contributed by atoms with van der Waals surface area (Å²) in [5.41, 5.74) is 16.1. The van der Waals surface area contributed by atoms with Gasteiger partial charge in [0.05, 0.1) is 12.5 Å². The molecule has 0 heterocycles. The standard InChI is InChI=1S/C20H37N7O8/c1-4-9(2)15(19(34)35)27-17(32)12(8-13(29)30)26-16(31)11(6-5-7-24-20(22)23)25-18(33)14(21)10(3)28/h9-12,14-15,28H,4-8,21H2,1-3H3,(H,25,33)(H,26,31)(H,27,32)(H,29,30)(H,34,35)(H4,22,23,24). The number of aliphatic imine (C=N–C) groups is 1. The van der Waals surface area contributed by atoms with Crippen molar-refractivity contribution in [1.29, 1.82) is 0 Å². The molecular weight excluding hydrogens is 466 g/mol. The maximum absolute atomic E-state index is 12.9. The van der Waals surface area contributed by atoms with Crippen LogP contribution in [0.1, 0.15) is 46.5 Å². The van der Waals surface area contributed by atoms with Crippen molar-refractivity contribution in [2.45, 2.75) is 76.7 Å². The average Bonchev–Trinajstić information content (AvgIpc) is 2.76. The molecule has 6 unspecified atom stereocenters. The average molecular weight is 504 g/mol. The smallest absolute Gasteiger partial charge is 0.326 e. The number of carbonyl (C=O) groups is 5. The predicted octanol–water partition coefficient (Wildman–Crippen LogP) is -3.19. The van der Waals surface area contributed by atoms with E-state index < -0.39 is 72.3 Å². The lowest BCUT2D eigenvalue weighted by molar-refractivity contribution is -0.144. The third kappa shape index (κ3) is 12.0. The van der Waals surface area contributed by atoms with Gasteiger partial charge in [0.1, 0.15) is 24.2 Å². The van der Waals surface area contributed by atoms with Gasteiger partial charge < -0.3 is 48.5 Å². The van der Waals surface area contributed by atoms with Crippen molar-refractivity contribution < 1.29 is 39.3 Å². The molecular formula is C20H37N7O8. The van der Waals surface area contributed by atoms with E-state index in [1.165, 1.54) is 6.92 Å². The van der Waals surface area contributed by atoms with Crippen molar-refractivity contribution in [3.05, 3.63) is 0 Å². The van der Waals surface area contributed by atoms with Gasteiger partial charge in [0.15, 0.2) is 5.96 Å². The van der Waals surface area contributed by atoms with Gasteiger partial charge >= 0.3 is 11.9 Å². The summed E-state index contributed by atoms with van der Waals surface area (Å²) in [7, 11) is 0. The second-order valence-electron chi connectivity index (χ2n) is 8.15. The molecule has 0 radical (unpaired) electrons. The van der Waals surface area contributed by atoms with Crippen LogP contribution >= 0.6 is 0 Å². The third-order valence-electron chi connectivity index (χ3n) is 5.19. The first-order chi connectivity index (χ1) is 16.2. The fourth-order valence-electron chi connectivity index (χ4n) is 2.85. The number of aliphatic hydroxyl groups is 1. The van der Waals surface area contributed by atoms with Crippen LogP contribution in [0.2, 0.25) is 0 Å². The van der Waals surface area contributed by atoms with Crippen LogP contribution in [0.5, 0.6) is 0 Å². The molecule has 0 aromatic carbocycles. The molecule has 15 heteroatoms. The molecule has 0 aromatic heterocycles. The summed E-state index contributed by atoms with van der Waals surface area (Å²) in [5.74, 6) is -6.18. The number of amides is 3. The quantitative estimate of drug-likeness (QED) is 0.0574. The number of carboxylic acids is 2. The van der Waals surface area contributed by atoms with E-state index >= 15 is 0 Å². The number of rotatable bonds is 16. The zero-order valence-electron chi connectivity index (χ0n) is 20.1. The van der Waals surface area contributed by atoms with Crippen molar-refractivity contribution >= 4 is 35.6 Å². The normalized spacial score (nSPS) is 15.9. The topological polar surface area (TPSA) is 273 Å². The molecule has 0 saturated carbocycles. The maximum Gasteiger partial charge on any atom is 0.326 e. The fourth-order valence-corrected chi connectivity index (χ4v) is 2.85. The van der Waals surface area contributed by atoms with Crippen LogP contribution in [0.25, 0.3) is 0 Å². The van der Waals surface area contributed by atoms with Crippen LogP contribution in [0.4, 0.5) is 0 Å². The van der Waals surface area contributed by atoms with Crippen molar-refractivity contribution in [3.8, 4) is 0 Å². The number of carboxylic acid groups (broad SMARTS) is 2. The third-order valence-corrected chi connectivity index (χ3v) is 5.19. The number of carbonyl (C=O) groups excluding carboxylic acids is 3. The molecule has 200 valence electrons. The van der Waals surface area contributed by atoms with Crippen molar-refractivity contribution in [1.82, 2.24) is 16.0 Å². The van der Waals surface area contributed by atoms with Gasteiger partial charge in [-0.3, -0.25) is 24.2 Å². The molecule has 0 aliphatic heterocycles. The molecule has 0 aliphatic carbocycles. The molecule has 0 fully saturated rings. The van der Waals surface area contributed by atoms with Crippen LogP contribution in [0.3, 0.4) is 0 Å². The van der Waals surface area contributed by atoms with Crippen molar-refractivity contribution in [2.24, 2.45) is 28.1 Å². The van der Waals surface area contributed by atoms with E-state index in [0.29, 0.717) is 6.42 Å². The summed E-state index contributed by atoms with van der Waals surface area (Å²) in [6.07, 6.45) is -1.45. The van der Waals surface area contributed by atoms with Crippen molar-refractivity contribution in [2.75, 3.05) is 6.54 Å². The van der Waals surface area contributed by atoms with Crippen LogP contribution in [0.15, 0.2) is 4.99 Å². The Labute approximate surface area is 202 Å². The zero-order valence-corrected chi connectivity index (χ0v) is 20.1. The minimum absolute atomic E-state index is 0.0209. The van der Waals surface area contributed by atoms with Gasteiger partial charge in [-0.05, 0) is 25.7 Å². The molecule has 12 N–H and O–H groups in total. The van der Waals surface area contributed by atoms with Gasteiger partial charge in [-0.25, -0.2) is 4.79 Å². The molecule has 3 amide bonds. The zero-order chi connectivity index (χ0) is 27.3. The molecule has 6 atom stereocenters. The first kappa shape index (κ1) is 31.5. The second kappa shape index (κ2) is 15.4. The molecule has 35 heavy (non-hydrogen) atoms. The van der Waals surface area contributed by atoms with E-state index in [2.05, 4.69) is 20.9 Å². The highest BCUT2D eigenvalue weighted by atomic mass is 16.4. The summed E-state index contributed by atoms with van der Waals surface area (Å²) in [4.78, 5) is 64.5. The molecule has 0 bridgehead atoms. The Hall–Kier alpha value is -3.46. The monoisotopic (exact) mass is 503 g/mol. The lowest BCUT2D eigenvalue weighted by Crippen LogP contribution is -2.58. The molecule has 0 aliphatic rings. The van der Waals surface area contributed by atoms with E-state index in [4.69, 9.17) is 17.2 Å². The van der Waals surface area contributed by atoms with E-state index in [0.717, 1.165) is 0 Å². The van der Waals surface area contributed by atoms with Gasteiger partial charge in [-0.1, -0.05) is 20.3 Å². The Morgan fingerprint density at radius 3 is 1.91 bits per heavy atom. The van der Waals surface area contributed by atoms with E-state index in [9.17, 15) is 39.3 Å².